The lowest BCUT2D eigenvalue weighted by molar-refractivity contribution is -0.0924. The van der Waals surface area contributed by atoms with E-state index in [9.17, 15) is 0 Å². The van der Waals surface area contributed by atoms with Crippen LogP contribution in [0, 0.1) is 28.1 Å². The van der Waals surface area contributed by atoms with Gasteiger partial charge >= 0.3 is 0 Å². The van der Waals surface area contributed by atoms with Gasteiger partial charge < -0.3 is 5.73 Å². The molecule has 1 heteroatoms. The van der Waals surface area contributed by atoms with Crippen LogP contribution in [-0.4, -0.2) is 6.54 Å². The quantitative estimate of drug-likeness (QED) is 0.677. The summed E-state index contributed by atoms with van der Waals surface area (Å²) in [4.78, 5) is 0. The Morgan fingerprint density at radius 3 is 2.86 bits per heavy atom. The molecule has 0 radical (unpaired) electrons. The van der Waals surface area contributed by atoms with Crippen LogP contribution in [0.25, 0.3) is 0 Å². The molecule has 1 nitrogen and oxygen atoms in total. The van der Waals surface area contributed by atoms with Gasteiger partial charge in [0.25, 0.3) is 0 Å². The summed E-state index contributed by atoms with van der Waals surface area (Å²) in [6, 6.07) is 0. The van der Waals surface area contributed by atoms with Gasteiger partial charge in [0.2, 0.25) is 0 Å². The summed E-state index contributed by atoms with van der Waals surface area (Å²) in [6.07, 6.45) is 9.09. The van der Waals surface area contributed by atoms with E-state index < -0.39 is 0 Å². The Morgan fingerprint density at radius 1 is 1.21 bits per heavy atom. The van der Waals surface area contributed by atoms with Gasteiger partial charge in [-0.1, -0.05) is 6.92 Å². The smallest absolute Gasteiger partial charge is 0.00148 e. The first-order valence-corrected chi connectivity index (χ1v) is 6.32. The van der Waals surface area contributed by atoms with Crippen molar-refractivity contribution in [3.8, 4) is 0 Å². The average Bonchev–Trinajstić information content (AvgIpc) is 2.40. The lowest BCUT2D eigenvalue weighted by Crippen LogP contribution is -2.55. The molecule has 5 unspecified atom stereocenters. The summed E-state index contributed by atoms with van der Waals surface area (Å²) in [6.45, 7) is 3.52. The molecule has 0 aromatic carbocycles. The summed E-state index contributed by atoms with van der Waals surface area (Å²) in [5.41, 5.74) is 8.15. The highest BCUT2D eigenvalue weighted by atomic mass is 14.8. The van der Waals surface area contributed by atoms with Crippen LogP contribution < -0.4 is 5.73 Å². The molecule has 0 amide bonds. The van der Waals surface area contributed by atoms with E-state index in [4.69, 9.17) is 5.73 Å². The fourth-order valence-corrected chi connectivity index (χ4v) is 6.51. The zero-order chi connectivity index (χ0) is 9.60. The van der Waals surface area contributed by atoms with E-state index in [1.54, 1.807) is 12.8 Å². The Hall–Kier alpha value is -0.0400. The van der Waals surface area contributed by atoms with Crippen molar-refractivity contribution in [2.75, 3.05) is 6.54 Å². The highest BCUT2D eigenvalue weighted by molar-refractivity contribution is 5.25. The molecule has 0 heterocycles. The minimum absolute atomic E-state index is 0.609. The third-order valence-corrected chi connectivity index (χ3v) is 6.43. The fraction of sp³-hybridized carbons (Fsp3) is 1.00. The minimum Gasteiger partial charge on any atom is -0.330 e. The molecule has 78 valence electrons. The highest BCUT2D eigenvalue weighted by Crippen LogP contribution is 2.83. The third-order valence-electron chi connectivity index (χ3n) is 6.43. The first-order valence-electron chi connectivity index (χ1n) is 6.32. The van der Waals surface area contributed by atoms with Crippen molar-refractivity contribution in [1.29, 1.82) is 0 Å². The van der Waals surface area contributed by atoms with E-state index in [-0.39, 0.29) is 0 Å². The van der Waals surface area contributed by atoms with Crippen LogP contribution in [0.5, 0.6) is 0 Å². The molecule has 4 aliphatic rings. The predicted molar refractivity (Wildman–Crippen MR) is 56.7 cm³/mol. The van der Waals surface area contributed by atoms with Crippen molar-refractivity contribution >= 4 is 0 Å². The fourth-order valence-electron chi connectivity index (χ4n) is 6.51. The molecular formula is C13H21N. The van der Waals surface area contributed by atoms with E-state index in [0.717, 1.165) is 23.8 Å². The summed E-state index contributed by atoms with van der Waals surface area (Å²) in [7, 11) is 0. The number of hydrogen-bond acceptors (Lipinski definition) is 1. The monoisotopic (exact) mass is 191 g/mol. The van der Waals surface area contributed by atoms with E-state index in [1.807, 2.05) is 0 Å². The van der Waals surface area contributed by atoms with Gasteiger partial charge in [-0.25, -0.2) is 0 Å². The maximum atomic E-state index is 6.10. The number of hydrogen-bond donors (Lipinski definition) is 1. The molecule has 0 aliphatic heterocycles. The van der Waals surface area contributed by atoms with Gasteiger partial charge in [-0.3, -0.25) is 0 Å². The van der Waals surface area contributed by atoms with E-state index in [1.165, 1.54) is 25.7 Å². The van der Waals surface area contributed by atoms with Crippen molar-refractivity contribution in [3.63, 3.8) is 0 Å². The Kier molecular flexibility index (Phi) is 1.13. The second kappa shape index (κ2) is 1.93. The van der Waals surface area contributed by atoms with Gasteiger partial charge in [-0.15, -0.1) is 0 Å². The summed E-state index contributed by atoms with van der Waals surface area (Å²) < 4.78 is 0. The van der Waals surface area contributed by atoms with Gasteiger partial charge in [-0.2, -0.15) is 0 Å². The Balaban J connectivity index is 1.88. The molecular weight excluding hydrogens is 170 g/mol. The molecule has 2 N–H and O–H groups in total. The molecule has 0 saturated heterocycles. The average molecular weight is 191 g/mol. The molecule has 3 bridgehead atoms. The van der Waals surface area contributed by atoms with Crippen LogP contribution in [0.3, 0.4) is 0 Å². The lowest BCUT2D eigenvalue weighted by atomic mass is 9.46. The molecule has 0 aromatic heterocycles. The molecule has 4 fully saturated rings. The SMILES string of the molecule is CC12CC3CC4CC(CN)(C1)C4(C3)C2. The molecule has 1 spiro atoms. The van der Waals surface area contributed by atoms with Crippen molar-refractivity contribution in [3.05, 3.63) is 0 Å². The standard InChI is InChI=1S/C13H21N/c1-11-3-9-2-10-5-12(6-11,8-14)13(10,4-9)7-11/h9-10H,2-8,14H2,1H3. The van der Waals surface area contributed by atoms with Crippen LogP contribution in [0.1, 0.15) is 45.4 Å². The van der Waals surface area contributed by atoms with Gasteiger partial charge in [0.05, 0.1) is 0 Å². The van der Waals surface area contributed by atoms with Crippen LogP contribution in [0.4, 0.5) is 0 Å². The lowest BCUT2D eigenvalue weighted by Gasteiger charge is -2.59. The Labute approximate surface area is 86.4 Å². The van der Waals surface area contributed by atoms with Crippen LogP contribution >= 0.6 is 0 Å². The maximum absolute atomic E-state index is 6.10. The molecule has 0 aromatic rings. The van der Waals surface area contributed by atoms with E-state index in [2.05, 4.69) is 6.92 Å². The zero-order valence-electron chi connectivity index (χ0n) is 9.18. The third kappa shape index (κ3) is 0.599. The summed E-state index contributed by atoms with van der Waals surface area (Å²) >= 11 is 0. The van der Waals surface area contributed by atoms with E-state index >= 15 is 0 Å². The largest absolute Gasteiger partial charge is 0.330 e. The molecule has 4 saturated carbocycles. The van der Waals surface area contributed by atoms with Gasteiger partial charge in [0.15, 0.2) is 0 Å². The molecule has 4 rings (SSSR count). The van der Waals surface area contributed by atoms with Crippen molar-refractivity contribution in [2.24, 2.45) is 33.8 Å². The van der Waals surface area contributed by atoms with E-state index in [0.29, 0.717) is 10.8 Å². The zero-order valence-corrected chi connectivity index (χ0v) is 9.18. The van der Waals surface area contributed by atoms with Crippen molar-refractivity contribution in [1.82, 2.24) is 0 Å². The molecule has 14 heavy (non-hydrogen) atoms. The van der Waals surface area contributed by atoms with Crippen LogP contribution in [0.2, 0.25) is 0 Å². The molecule has 4 aliphatic carbocycles. The second-order valence-electron chi connectivity index (χ2n) is 7.22. The first kappa shape index (κ1) is 8.15. The Bertz CT molecular complexity index is 308. The maximum Gasteiger partial charge on any atom is -0.00148 e. The summed E-state index contributed by atoms with van der Waals surface area (Å²) in [5, 5.41) is 0. The van der Waals surface area contributed by atoms with Gasteiger partial charge in [0.1, 0.15) is 0 Å². The topological polar surface area (TPSA) is 26.0 Å². The highest BCUT2D eigenvalue weighted by Gasteiger charge is 2.76. The van der Waals surface area contributed by atoms with Gasteiger partial charge in [-0.05, 0) is 73.2 Å². The minimum atomic E-state index is 0.609. The summed E-state index contributed by atoms with van der Waals surface area (Å²) in [5.74, 6) is 2.16. The van der Waals surface area contributed by atoms with Crippen LogP contribution in [0.15, 0.2) is 0 Å². The van der Waals surface area contributed by atoms with Crippen molar-refractivity contribution in [2.45, 2.75) is 45.4 Å². The number of rotatable bonds is 1. The van der Waals surface area contributed by atoms with Crippen LogP contribution in [-0.2, 0) is 0 Å². The first-order chi connectivity index (χ1) is 6.62. The van der Waals surface area contributed by atoms with Crippen molar-refractivity contribution < 1.29 is 0 Å². The number of fused-ring (bicyclic) bond motifs is 2. The normalized spacial score (nSPS) is 68.1. The number of nitrogens with two attached hydrogens (primary N) is 1. The van der Waals surface area contributed by atoms with Gasteiger partial charge in [0, 0.05) is 0 Å². The second-order valence-corrected chi connectivity index (χ2v) is 7.22. The molecule has 5 atom stereocenters. The Morgan fingerprint density at radius 2 is 2.07 bits per heavy atom. The predicted octanol–water partition coefficient (Wildman–Crippen LogP) is 2.55.